The van der Waals surface area contributed by atoms with Crippen molar-refractivity contribution in [2.24, 2.45) is 0 Å². The van der Waals surface area contributed by atoms with Gasteiger partial charge in [0.05, 0.1) is 35.7 Å². The fraction of sp³-hybridized carbons (Fsp3) is 0.138. The van der Waals surface area contributed by atoms with Crippen molar-refractivity contribution >= 4 is 27.5 Å². The van der Waals surface area contributed by atoms with Gasteiger partial charge in [-0.05, 0) is 61.4 Å². The maximum Gasteiger partial charge on any atom is 0.127 e. The van der Waals surface area contributed by atoms with E-state index in [-0.39, 0.29) is 5.82 Å². The van der Waals surface area contributed by atoms with E-state index in [0.717, 1.165) is 55.6 Å². The normalized spacial score (nSPS) is 11.5. The molecule has 0 fully saturated rings. The van der Waals surface area contributed by atoms with Gasteiger partial charge in [-0.1, -0.05) is 6.07 Å². The van der Waals surface area contributed by atoms with Crippen molar-refractivity contribution in [3.05, 3.63) is 79.1 Å². The highest BCUT2D eigenvalue weighted by atomic mass is 19.1. The van der Waals surface area contributed by atoms with Crippen LogP contribution in [0.2, 0.25) is 0 Å². The Morgan fingerprint density at radius 2 is 1.70 bits per heavy atom. The van der Waals surface area contributed by atoms with Crippen molar-refractivity contribution in [2.45, 2.75) is 19.9 Å². The molecule has 6 aromatic rings. The number of ether oxygens (including phenoxy) is 1. The molecule has 0 saturated carbocycles. The number of fused-ring (bicyclic) bond motifs is 2. The molecule has 8 heteroatoms. The molecule has 0 amide bonds. The molecular weight excluding hydrogens is 467 g/mol. The molecule has 7 nitrogen and oxygen atoms in total. The summed E-state index contributed by atoms with van der Waals surface area (Å²) in [6.07, 6.45) is 7.19. The van der Waals surface area contributed by atoms with Crippen molar-refractivity contribution < 1.29 is 9.13 Å². The fourth-order valence-electron chi connectivity index (χ4n) is 4.65. The number of aromatic nitrogens is 5. The van der Waals surface area contributed by atoms with Crippen LogP contribution in [0.15, 0.2) is 73.3 Å². The van der Waals surface area contributed by atoms with E-state index in [0.29, 0.717) is 17.4 Å². The van der Waals surface area contributed by atoms with E-state index < -0.39 is 0 Å². The quantitative estimate of drug-likeness (QED) is 0.238. The molecule has 2 aromatic carbocycles. The van der Waals surface area contributed by atoms with Crippen LogP contribution in [0.25, 0.3) is 55.4 Å². The number of aromatic amines is 2. The molecule has 0 saturated heterocycles. The van der Waals surface area contributed by atoms with Gasteiger partial charge in [0.1, 0.15) is 17.3 Å². The molecule has 0 aliphatic carbocycles. The third-order valence-electron chi connectivity index (χ3n) is 6.31. The van der Waals surface area contributed by atoms with Gasteiger partial charge in [0.2, 0.25) is 0 Å². The Morgan fingerprint density at radius 1 is 0.838 bits per heavy atom. The third-order valence-corrected chi connectivity index (χ3v) is 6.31. The molecule has 4 heterocycles. The van der Waals surface area contributed by atoms with Crippen molar-refractivity contribution in [3.8, 4) is 39.4 Å². The highest BCUT2D eigenvalue weighted by Gasteiger charge is 2.16. The number of hydrogen-bond donors (Lipinski definition) is 3. The van der Waals surface area contributed by atoms with Gasteiger partial charge in [0.15, 0.2) is 0 Å². The lowest BCUT2D eigenvalue weighted by atomic mass is 10.0. The van der Waals surface area contributed by atoms with Crippen LogP contribution >= 0.6 is 0 Å². The predicted molar refractivity (Wildman–Crippen MR) is 145 cm³/mol. The van der Waals surface area contributed by atoms with Gasteiger partial charge in [0, 0.05) is 52.6 Å². The number of anilines is 1. The molecule has 184 valence electrons. The van der Waals surface area contributed by atoms with Crippen LogP contribution in [0, 0.1) is 5.82 Å². The van der Waals surface area contributed by atoms with Gasteiger partial charge >= 0.3 is 0 Å². The summed E-state index contributed by atoms with van der Waals surface area (Å²) in [5.74, 6) is 0.0887. The summed E-state index contributed by atoms with van der Waals surface area (Å²) in [6, 6.07) is 15.3. The highest BCUT2D eigenvalue weighted by Crippen LogP contribution is 2.36. The van der Waals surface area contributed by atoms with Crippen molar-refractivity contribution in [3.63, 3.8) is 0 Å². The summed E-state index contributed by atoms with van der Waals surface area (Å²) < 4.78 is 19.5. The number of hydrogen-bond acceptors (Lipinski definition) is 5. The smallest absolute Gasteiger partial charge is 0.127 e. The Hall–Kier alpha value is -4.72. The first-order chi connectivity index (χ1) is 18.0. The molecule has 0 unspecified atom stereocenters. The minimum Gasteiger partial charge on any atom is -0.497 e. The first-order valence-corrected chi connectivity index (χ1v) is 12.0. The number of H-pyrrole nitrogens is 2. The second-order valence-electron chi connectivity index (χ2n) is 9.30. The van der Waals surface area contributed by atoms with E-state index in [1.54, 1.807) is 18.5 Å². The number of benzene rings is 2. The minimum atomic E-state index is -0.366. The van der Waals surface area contributed by atoms with E-state index in [9.17, 15) is 4.39 Å². The number of pyridine rings is 2. The van der Waals surface area contributed by atoms with Gasteiger partial charge in [-0.25, -0.2) is 4.39 Å². The summed E-state index contributed by atoms with van der Waals surface area (Å²) in [6.45, 7) is 4.20. The predicted octanol–water partition coefficient (Wildman–Crippen LogP) is 6.80. The molecule has 3 N–H and O–H groups in total. The Balaban J connectivity index is 1.45. The Kier molecular flexibility index (Phi) is 5.56. The van der Waals surface area contributed by atoms with E-state index in [1.165, 1.54) is 19.2 Å². The molecule has 4 aromatic heterocycles. The standard InChI is InChI=1S/C29H25FN6O/c1-16(2)33-21-7-19(12-31-13-21)17-4-5-26-24(9-17)29(36-35-26)27-11-23-25(14-32-15-28(23)34-27)18-6-20(30)10-22(8-18)37-3/h4-16,33-34H,1-3H3,(H,35,36). The third kappa shape index (κ3) is 4.27. The second-order valence-corrected chi connectivity index (χ2v) is 9.30. The number of nitrogens with zero attached hydrogens (tertiary/aromatic N) is 3. The monoisotopic (exact) mass is 492 g/mol. The Morgan fingerprint density at radius 3 is 2.54 bits per heavy atom. The molecule has 0 spiro atoms. The lowest BCUT2D eigenvalue weighted by Gasteiger charge is -2.11. The summed E-state index contributed by atoms with van der Waals surface area (Å²) in [5.41, 5.74) is 7.92. The zero-order valence-corrected chi connectivity index (χ0v) is 20.6. The number of rotatable bonds is 6. The second kappa shape index (κ2) is 9.05. The van der Waals surface area contributed by atoms with Crippen LogP contribution in [0.4, 0.5) is 10.1 Å². The van der Waals surface area contributed by atoms with Gasteiger partial charge in [0.25, 0.3) is 0 Å². The topological polar surface area (TPSA) is 91.5 Å². The highest BCUT2D eigenvalue weighted by molar-refractivity contribution is 6.01. The lowest BCUT2D eigenvalue weighted by molar-refractivity contribution is 0.411. The maximum absolute atomic E-state index is 14.2. The van der Waals surface area contributed by atoms with Gasteiger partial charge < -0.3 is 15.0 Å². The van der Waals surface area contributed by atoms with Crippen LogP contribution in [0.5, 0.6) is 5.75 Å². The molecule has 0 radical (unpaired) electrons. The summed E-state index contributed by atoms with van der Waals surface area (Å²) in [4.78, 5) is 12.2. The van der Waals surface area contributed by atoms with Crippen LogP contribution in [-0.2, 0) is 0 Å². The number of halogens is 1. The fourth-order valence-corrected chi connectivity index (χ4v) is 4.65. The van der Waals surface area contributed by atoms with E-state index >= 15 is 0 Å². The van der Waals surface area contributed by atoms with Gasteiger partial charge in [-0.3, -0.25) is 15.1 Å². The molecular formula is C29H25FN6O. The van der Waals surface area contributed by atoms with Crippen molar-refractivity contribution in [2.75, 3.05) is 12.4 Å². The SMILES string of the molecule is COc1cc(F)cc(-c2cncc3[nH]c(-c4n[nH]c5ccc(-c6cncc(NC(C)C)c6)cc45)cc23)c1. The van der Waals surface area contributed by atoms with E-state index in [1.807, 2.05) is 24.5 Å². The molecule has 0 aliphatic rings. The Bertz CT molecular complexity index is 1750. The van der Waals surface area contributed by atoms with E-state index in [2.05, 4.69) is 62.5 Å². The summed E-state index contributed by atoms with van der Waals surface area (Å²) >= 11 is 0. The Labute approximate surface area is 212 Å². The van der Waals surface area contributed by atoms with Crippen LogP contribution in [-0.4, -0.2) is 38.3 Å². The summed E-state index contributed by atoms with van der Waals surface area (Å²) in [5, 5.41) is 13.1. The van der Waals surface area contributed by atoms with E-state index in [4.69, 9.17) is 4.74 Å². The van der Waals surface area contributed by atoms with Crippen molar-refractivity contribution in [1.29, 1.82) is 0 Å². The lowest BCUT2D eigenvalue weighted by Crippen LogP contribution is -2.09. The maximum atomic E-state index is 14.2. The minimum absolute atomic E-state index is 0.315. The van der Waals surface area contributed by atoms with Crippen LogP contribution in [0.3, 0.4) is 0 Å². The number of methoxy groups -OCH3 is 1. The zero-order chi connectivity index (χ0) is 25.5. The largest absolute Gasteiger partial charge is 0.497 e. The summed E-state index contributed by atoms with van der Waals surface area (Å²) in [7, 11) is 1.52. The average Bonchev–Trinajstić information content (AvgIpc) is 3.51. The number of nitrogens with one attached hydrogen (secondary N) is 3. The molecule has 0 bridgehead atoms. The van der Waals surface area contributed by atoms with Crippen LogP contribution in [0.1, 0.15) is 13.8 Å². The molecule has 0 aliphatic heterocycles. The average molecular weight is 493 g/mol. The molecule has 6 rings (SSSR count). The van der Waals surface area contributed by atoms with Gasteiger partial charge in [-0.2, -0.15) is 5.10 Å². The first kappa shape index (κ1) is 22.7. The van der Waals surface area contributed by atoms with Gasteiger partial charge in [-0.15, -0.1) is 0 Å². The molecule has 0 atom stereocenters. The van der Waals surface area contributed by atoms with Crippen LogP contribution < -0.4 is 10.1 Å². The first-order valence-electron chi connectivity index (χ1n) is 12.0. The van der Waals surface area contributed by atoms with Crippen molar-refractivity contribution in [1.82, 2.24) is 25.1 Å². The molecule has 37 heavy (non-hydrogen) atoms. The zero-order valence-electron chi connectivity index (χ0n) is 20.6.